The number of methoxy groups -OCH3 is 2. The van der Waals surface area contributed by atoms with Crippen LogP contribution >= 0.6 is 0 Å². The number of ether oxygens (including phenoxy) is 4. The largest absolute Gasteiger partial charge is 0.496 e. The van der Waals surface area contributed by atoms with Crippen molar-refractivity contribution < 1.29 is 28.5 Å². The normalized spacial score (nSPS) is 10.9. The third-order valence-corrected chi connectivity index (χ3v) is 8.05. The van der Waals surface area contributed by atoms with Crippen LogP contribution in [0, 0.1) is 0 Å². The van der Waals surface area contributed by atoms with Crippen LogP contribution in [-0.2, 0) is 45.1 Å². The van der Waals surface area contributed by atoms with Gasteiger partial charge in [-0.25, -0.2) is 0 Å². The van der Waals surface area contributed by atoms with Gasteiger partial charge in [0.25, 0.3) is 0 Å². The molecule has 6 heteroatoms. The van der Waals surface area contributed by atoms with Gasteiger partial charge >= 0.3 is 11.9 Å². The molecule has 0 radical (unpaired) electrons. The third-order valence-electron chi connectivity index (χ3n) is 8.05. The lowest BCUT2D eigenvalue weighted by molar-refractivity contribution is -0.145. The zero-order valence-electron chi connectivity index (χ0n) is 25.8. The van der Waals surface area contributed by atoms with Gasteiger partial charge in [0.15, 0.2) is 0 Å². The summed E-state index contributed by atoms with van der Waals surface area (Å²) in [6.45, 7) is 0.380. The standard InChI is InChI=1S/C40H34O6/c1-43-37-19-17-27(23-39(41)45-25-31-13-7-11-29-9-3-5-15-33(29)31)21-35(37)36-22-28(18-20-38(36)44-2)24-40(42)46-26-32-14-8-12-30-10-4-6-16-34(30)32/h3-22H,23-26H2,1-2H3. The topological polar surface area (TPSA) is 71.1 Å². The molecule has 0 aliphatic rings. The number of fused-ring (bicyclic) bond motifs is 2. The summed E-state index contributed by atoms with van der Waals surface area (Å²) in [5.74, 6) is 0.557. The van der Waals surface area contributed by atoms with Gasteiger partial charge in [-0.2, -0.15) is 0 Å². The van der Waals surface area contributed by atoms with Crippen molar-refractivity contribution >= 4 is 33.5 Å². The second-order valence-electron chi connectivity index (χ2n) is 11.0. The highest BCUT2D eigenvalue weighted by molar-refractivity contribution is 5.87. The van der Waals surface area contributed by atoms with Crippen LogP contribution in [0.2, 0.25) is 0 Å². The average Bonchev–Trinajstić information content (AvgIpc) is 3.09. The van der Waals surface area contributed by atoms with Gasteiger partial charge in [0.05, 0.1) is 27.1 Å². The smallest absolute Gasteiger partial charge is 0.310 e. The third kappa shape index (κ3) is 6.87. The van der Waals surface area contributed by atoms with Gasteiger partial charge in [-0.05, 0) is 68.1 Å². The molecule has 0 aromatic heterocycles. The van der Waals surface area contributed by atoms with Crippen molar-refractivity contribution in [1.29, 1.82) is 0 Å². The summed E-state index contributed by atoms with van der Waals surface area (Å²) in [7, 11) is 3.19. The summed E-state index contributed by atoms with van der Waals surface area (Å²) in [5, 5.41) is 4.33. The van der Waals surface area contributed by atoms with E-state index in [4.69, 9.17) is 18.9 Å². The Hall–Kier alpha value is -5.62. The van der Waals surface area contributed by atoms with E-state index < -0.39 is 0 Å². The van der Waals surface area contributed by atoms with E-state index in [2.05, 4.69) is 0 Å². The summed E-state index contributed by atoms with van der Waals surface area (Å²) in [5.41, 5.74) is 4.92. The minimum Gasteiger partial charge on any atom is -0.496 e. The lowest BCUT2D eigenvalue weighted by atomic mass is 9.97. The first-order valence-electron chi connectivity index (χ1n) is 15.1. The van der Waals surface area contributed by atoms with Crippen LogP contribution in [0.5, 0.6) is 11.5 Å². The summed E-state index contributed by atoms with van der Waals surface area (Å²) < 4.78 is 22.7. The van der Waals surface area contributed by atoms with E-state index in [-0.39, 0.29) is 38.0 Å². The zero-order valence-corrected chi connectivity index (χ0v) is 25.8. The number of hydrogen-bond donors (Lipinski definition) is 0. The molecule has 46 heavy (non-hydrogen) atoms. The fourth-order valence-electron chi connectivity index (χ4n) is 5.74. The second-order valence-corrected chi connectivity index (χ2v) is 11.0. The number of esters is 2. The summed E-state index contributed by atoms with van der Waals surface area (Å²) >= 11 is 0. The summed E-state index contributed by atoms with van der Waals surface area (Å²) in [4.78, 5) is 25.9. The fourth-order valence-corrected chi connectivity index (χ4v) is 5.74. The Bertz CT molecular complexity index is 1870. The number of hydrogen-bond acceptors (Lipinski definition) is 6. The predicted molar refractivity (Wildman–Crippen MR) is 180 cm³/mol. The second kappa shape index (κ2) is 14.0. The summed E-state index contributed by atoms with van der Waals surface area (Å²) in [6.07, 6.45) is 0.175. The lowest BCUT2D eigenvalue weighted by Crippen LogP contribution is -2.09. The van der Waals surface area contributed by atoms with Crippen LogP contribution in [0.1, 0.15) is 22.3 Å². The Labute approximate surface area is 268 Å². The van der Waals surface area contributed by atoms with E-state index >= 15 is 0 Å². The Morgan fingerprint density at radius 1 is 0.500 bits per heavy atom. The lowest BCUT2D eigenvalue weighted by Gasteiger charge is -2.16. The van der Waals surface area contributed by atoms with Gasteiger partial charge in [0.2, 0.25) is 0 Å². The van der Waals surface area contributed by atoms with Gasteiger partial charge in [0.1, 0.15) is 24.7 Å². The maximum atomic E-state index is 12.9. The van der Waals surface area contributed by atoms with Crippen LogP contribution < -0.4 is 9.47 Å². The maximum Gasteiger partial charge on any atom is 0.310 e. The van der Waals surface area contributed by atoms with Crippen molar-refractivity contribution in [1.82, 2.24) is 0 Å². The van der Waals surface area contributed by atoms with Gasteiger partial charge in [-0.3, -0.25) is 9.59 Å². The Morgan fingerprint density at radius 2 is 0.913 bits per heavy atom. The quantitative estimate of drug-likeness (QED) is 0.138. The van der Waals surface area contributed by atoms with Crippen LogP contribution in [-0.4, -0.2) is 26.2 Å². The fraction of sp³-hybridized carbons (Fsp3) is 0.150. The van der Waals surface area contributed by atoms with Crippen molar-refractivity contribution in [2.75, 3.05) is 14.2 Å². The van der Waals surface area contributed by atoms with Gasteiger partial charge in [0, 0.05) is 11.1 Å². The molecule has 6 nitrogen and oxygen atoms in total. The number of benzene rings is 6. The van der Waals surface area contributed by atoms with E-state index in [1.807, 2.05) is 121 Å². The highest BCUT2D eigenvalue weighted by atomic mass is 16.5. The molecule has 0 unspecified atom stereocenters. The van der Waals surface area contributed by atoms with E-state index in [9.17, 15) is 9.59 Å². The van der Waals surface area contributed by atoms with E-state index in [0.29, 0.717) is 11.5 Å². The molecule has 0 bridgehead atoms. The maximum absolute atomic E-state index is 12.9. The van der Waals surface area contributed by atoms with Crippen LogP contribution in [0.3, 0.4) is 0 Å². The van der Waals surface area contributed by atoms with Gasteiger partial charge < -0.3 is 18.9 Å². The molecular weight excluding hydrogens is 576 g/mol. The van der Waals surface area contributed by atoms with Crippen LogP contribution in [0.15, 0.2) is 121 Å². The molecule has 0 amide bonds. The van der Waals surface area contributed by atoms with Crippen LogP contribution in [0.25, 0.3) is 32.7 Å². The SMILES string of the molecule is COc1ccc(CC(=O)OCc2cccc3ccccc23)cc1-c1cc(CC(=O)OCc2cccc3ccccc23)ccc1OC. The van der Waals surface area contributed by atoms with Crippen molar-refractivity contribution in [2.45, 2.75) is 26.1 Å². The molecule has 0 aliphatic heterocycles. The molecule has 0 saturated heterocycles. The molecular formula is C40H34O6. The Kier molecular flexibility index (Phi) is 9.25. The molecule has 0 heterocycles. The highest BCUT2D eigenvalue weighted by Gasteiger charge is 2.17. The molecule has 6 rings (SSSR count). The highest BCUT2D eigenvalue weighted by Crippen LogP contribution is 2.38. The van der Waals surface area contributed by atoms with E-state index in [1.54, 1.807) is 14.2 Å². The molecule has 0 atom stereocenters. The molecule has 0 saturated carbocycles. The van der Waals surface area contributed by atoms with Gasteiger partial charge in [-0.1, -0.05) is 97.1 Å². The Balaban J connectivity index is 1.16. The van der Waals surface area contributed by atoms with E-state index in [0.717, 1.165) is 54.9 Å². The minimum atomic E-state index is -0.335. The minimum absolute atomic E-state index is 0.0876. The summed E-state index contributed by atoms with van der Waals surface area (Å²) in [6, 6.07) is 39.2. The van der Waals surface area contributed by atoms with Crippen LogP contribution in [0.4, 0.5) is 0 Å². The first kappa shape index (κ1) is 30.4. The van der Waals surface area contributed by atoms with Crippen molar-refractivity contribution in [3.05, 3.63) is 144 Å². The first-order valence-corrected chi connectivity index (χ1v) is 15.1. The molecule has 0 N–H and O–H groups in total. The molecule has 0 aliphatic carbocycles. The predicted octanol–water partition coefficient (Wildman–Crippen LogP) is 8.25. The average molecular weight is 611 g/mol. The first-order chi connectivity index (χ1) is 22.5. The molecule has 0 fully saturated rings. The zero-order chi connectivity index (χ0) is 31.9. The Morgan fingerprint density at radius 3 is 1.35 bits per heavy atom. The molecule has 6 aromatic rings. The van der Waals surface area contributed by atoms with E-state index in [1.165, 1.54) is 0 Å². The van der Waals surface area contributed by atoms with Crippen molar-refractivity contribution in [2.24, 2.45) is 0 Å². The number of rotatable bonds is 11. The molecule has 230 valence electrons. The van der Waals surface area contributed by atoms with Gasteiger partial charge in [-0.15, -0.1) is 0 Å². The number of carbonyl (C=O) groups excluding carboxylic acids is 2. The molecule has 0 spiro atoms. The monoisotopic (exact) mass is 610 g/mol. The van der Waals surface area contributed by atoms with Crippen molar-refractivity contribution in [3.8, 4) is 22.6 Å². The van der Waals surface area contributed by atoms with Crippen molar-refractivity contribution in [3.63, 3.8) is 0 Å². The number of carbonyl (C=O) groups is 2. The molecule has 6 aromatic carbocycles.